The van der Waals surface area contributed by atoms with Crippen LogP contribution >= 0.6 is 11.8 Å². The van der Waals surface area contributed by atoms with Gasteiger partial charge in [-0.1, -0.05) is 27.2 Å². The van der Waals surface area contributed by atoms with E-state index in [1.165, 1.54) is 4.90 Å². The SMILES string of the molecule is CCCCOC(=O)[C@H](C)N(C)C(=O)[C@H](CC(C)C)NCl. The Bertz CT molecular complexity index is 311. The molecule has 1 N–H and O–H groups in total. The molecule has 6 heteroatoms. The van der Waals surface area contributed by atoms with Crippen molar-refractivity contribution in [1.82, 2.24) is 9.74 Å². The number of carbonyl (C=O) groups excluding carboxylic acids is 2. The average Bonchev–Trinajstić information content (AvgIpc) is 2.42. The maximum atomic E-state index is 12.3. The van der Waals surface area contributed by atoms with Crippen LogP contribution in [0, 0.1) is 5.92 Å². The van der Waals surface area contributed by atoms with E-state index in [2.05, 4.69) is 4.84 Å². The predicted octanol–water partition coefficient (Wildman–Crippen LogP) is 2.33. The van der Waals surface area contributed by atoms with Gasteiger partial charge in [0.2, 0.25) is 5.91 Å². The van der Waals surface area contributed by atoms with Crippen molar-refractivity contribution >= 4 is 23.7 Å². The summed E-state index contributed by atoms with van der Waals surface area (Å²) >= 11 is 5.62. The highest BCUT2D eigenvalue weighted by atomic mass is 35.5. The van der Waals surface area contributed by atoms with E-state index < -0.39 is 12.1 Å². The molecule has 20 heavy (non-hydrogen) atoms. The zero-order valence-corrected chi connectivity index (χ0v) is 13.9. The quantitative estimate of drug-likeness (QED) is 0.403. The Hall–Kier alpha value is -0.810. The molecule has 0 unspecified atom stereocenters. The number of hydrogen-bond acceptors (Lipinski definition) is 4. The van der Waals surface area contributed by atoms with Gasteiger partial charge < -0.3 is 9.64 Å². The fourth-order valence-corrected chi connectivity index (χ4v) is 1.88. The van der Waals surface area contributed by atoms with Crippen LogP contribution in [-0.4, -0.2) is 42.5 Å². The standard InChI is InChI=1S/C14H27ClN2O3/c1-6-7-8-20-14(19)11(4)17(5)13(18)12(16-15)9-10(2)3/h10-12,16H,6-9H2,1-5H3/t11-,12-/m0/s1. The number of rotatable bonds is 9. The summed E-state index contributed by atoms with van der Waals surface area (Å²) in [4.78, 5) is 28.0. The minimum Gasteiger partial charge on any atom is -0.464 e. The molecule has 0 saturated carbocycles. The van der Waals surface area contributed by atoms with E-state index in [9.17, 15) is 9.59 Å². The van der Waals surface area contributed by atoms with E-state index in [1.807, 2.05) is 20.8 Å². The van der Waals surface area contributed by atoms with E-state index in [1.54, 1.807) is 14.0 Å². The molecule has 0 aliphatic carbocycles. The molecule has 5 nitrogen and oxygen atoms in total. The Balaban J connectivity index is 4.49. The van der Waals surface area contributed by atoms with Gasteiger partial charge in [0.15, 0.2) is 0 Å². The fourth-order valence-electron chi connectivity index (χ4n) is 1.70. The molecule has 0 aromatic carbocycles. The number of nitrogens with zero attached hydrogens (tertiary/aromatic N) is 1. The third-order valence-electron chi connectivity index (χ3n) is 3.15. The topological polar surface area (TPSA) is 58.6 Å². The van der Waals surface area contributed by atoms with Gasteiger partial charge in [0.1, 0.15) is 12.1 Å². The highest BCUT2D eigenvalue weighted by Crippen LogP contribution is 2.10. The predicted molar refractivity (Wildman–Crippen MR) is 80.3 cm³/mol. The molecule has 0 spiro atoms. The third-order valence-corrected chi connectivity index (χ3v) is 3.41. The summed E-state index contributed by atoms with van der Waals surface area (Å²) in [6.07, 6.45) is 2.41. The molecule has 0 rings (SSSR count). The number of halogens is 1. The average molecular weight is 307 g/mol. The Labute approximate surface area is 127 Å². The number of esters is 1. The van der Waals surface area contributed by atoms with E-state index in [4.69, 9.17) is 16.5 Å². The first-order valence-corrected chi connectivity index (χ1v) is 7.52. The minimum absolute atomic E-state index is 0.200. The first kappa shape index (κ1) is 19.2. The Morgan fingerprint density at radius 2 is 1.90 bits per heavy atom. The molecule has 118 valence electrons. The van der Waals surface area contributed by atoms with E-state index in [0.717, 1.165) is 12.8 Å². The zero-order chi connectivity index (χ0) is 15.7. The summed E-state index contributed by atoms with van der Waals surface area (Å²) in [6.45, 7) is 8.10. The number of nitrogens with one attached hydrogen (secondary N) is 1. The van der Waals surface area contributed by atoms with Crippen LogP contribution in [0.2, 0.25) is 0 Å². The minimum atomic E-state index is -0.612. The summed E-state index contributed by atoms with van der Waals surface area (Å²) in [5, 5.41) is 0. The smallest absolute Gasteiger partial charge is 0.328 e. The highest BCUT2D eigenvalue weighted by Gasteiger charge is 2.29. The van der Waals surface area contributed by atoms with Gasteiger partial charge in [-0.05, 0) is 37.5 Å². The maximum absolute atomic E-state index is 12.3. The molecule has 0 aromatic rings. The van der Waals surface area contributed by atoms with Crippen LogP contribution in [0.15, 0.2) is 0 Å². The van der Waals surface area contributed by atoms with Gasteiger partial charge >= 0.3 is 5.97 Å². The molecule has 0 bridgehead atoms. The van der Waals surface area contributed by atoms with Crippen molar-refractivity contribution in [2.45, 2.75) is 59.0 Å². The van der Waals surface area contributed by atoms with E-state index in [0.29, 0.717) is 18.9 Å². The number of carbonyl (C=O) groups is 2. The van der Waals surface area contributed by atoms with E-state index in [-0.39, 0.29) is 11.9 Å². The highest BCUT2D eigenvalue weighted by molar-refractivity contribution is 6.15. The second kappa shape index (κ2) is 10.00. The van der Waals surface area contributed by atoms with Crippen LogP contribution in [0.5, 0.6) is 0 Å². The molecule has 0 aromatic heterocycles. The Morgan fingerprint density at radius 1 is 1.30 bits per heavy atom. The van der Waals surface area contributed by atoms with Gasteiger partial charge in [0.25, 0.3) is 0 Å². The van der Waals surface area contributed by atoms with Crippen molar-refractivity contribution in [2.75, 3.05) is 13.7 Å². The fraction of sp³-hybridized carbons (Fsp3) is 0.857. The third kappa shape index (κ3) is 6.57. The van der Waals surface area contributed by atoms with E-state index >= 15 is 0 Å². The number of amides is 1. The molecule has 0 saturated heterocycles. The maximum Gasteiger partial charge on any atom is 0.328 e. The van der Waals surface area contributed by atoms with Crippen molar-refractivity contribution in [3.8, 4) is 0 Å². The van der Waals surface area contributed by atoms with Crippen LogP contribution in [0.4, 0.5) is 0 Å². The van der Waals surface area contributed by atoms with Gasteiger partial charge in [0.05, 0.1) is 6.61 Å². The molecule has 0 radical (unpaired) electrons. The van der Waals surface area contributed by atoms with Gasteiger partial charge in [-0.25, -0.2) is 9.63 Å². The van der Waals surface area contributed by atoms with Crippen molar-refractivity contribution in [1.29, 1.82) is 0 Å². The number of likely N-dealkylation sites (N-methyl/N-ethyl adjacent to an activating group) is 1. The monoisotopic (exact) mass is 306 g/mol. The molecule has 0 aliphatic heterocycles. The summed E-state index contributed by atoms with van der Waals surface area (Å²) in [6, 6.07) is -1.11. The van der Waals surface area contributed by atoms with Gasteiger partial charge in [-0.2, -0.15) is 0 Å². The van der Waals surface area contributed by atoms with Crippen LogP contribution < -0.4 is 4.84 Å². The summed E-state index contributed by atoms with van der Waals surface area (Å²) in [5.41, 5.74) is 0. The Kier molecular flexibility index (Phi) is 9.59. The second-order valence-electron chi connectivity index (χ2n) is 5.44. The lowest BCUT2D eigenvalue weighted by molar-refractivity contribution is -0.154. The first-order valence-electron chi connectivity index (χ1n) is 7.14. The lowest BCUT2D eigenvalue weighted by atomic mass is 10.0. The van der Waals surface area contributed by atoms with Crippen LogP contribution in [0.3, 0.4) is 0 Å². The lowest BCUT2D eigenvalue weighted by Crippen LogP contribution is -2.49. The summed E-state index contributed by atoms with van der Waals surface area (Å²) in [7, 11) is 1.59. The molecule has 0 fully saturated rings. The number of hydrogen-bond donors (Lipinski definition) is 1. The molecule has 1 amide bonds. The van der Waals surface area contributed by atoms with Crippen molar-refractivity contribution < 1.29 is 14.3 Å². The molecular weight excluding hydrogens is 280 g/mol. The molecular formula is C14H27ClN2O3. The normalized spacial score (nSPS) is 13.9. The summed E-state index contributed by atoms with van der Waals surface area (Å²) in [5.74, 6) is -0.253. The van der Waals surface area contributed by atoms with Crippen molar-refractivity contribution in [2.24, 2.45) is 5.92 Å². The van der Waals surface area contributed by atoms with Gasteiger partial charge in [-0.3, -0.25) is 4.79 Å². The lowest BCUT2D eigenvalue weighted by Gasteiger charge is -2.27. The van der Waals surface area contributed by atoms with Crippen molar-refractivity contribution in [3.63, 3.8) is 0 Å². The van der Waals surface area contributed by atoms with Crippen LogP contribution in [0.25, 0.3) is 0 Å². The molecule has 0 heterocycles. The Morgan fingerprint density at radius 3 is 2.35 bits per heavy atom. The zero-order valence-electron chi connectivity index (χ0n) is 13.1. The molecule has 0 aliphatic rings. The largest absolute Gasteiger partial charge is 0.464 e. The number of unbranched alkanes of at least 4 members (excludes halogenated alkanes) is 1. The van der Waals surface area contributed by atoms with Crippen LogP contribution in [-0.2, 0) is 14.3 Å². The second-order valence-corrected chi connectivity index (χ2v) is 5.66. The number of ether oxygens (including phenoxy) is 1. The van der Waals surface area contributed by atoms with Crippen molar-refractivity contribution in [3.05, 3.63) is 0 Å². The van der Waals surface area contributed by atoms with Gasteiger partial charge in [0, 0.05) is 7.05 Å². The van der Waals surface area contributed by atoms with Gasteiger partial charge in [-0.15, -0.1) is 0 Å². The summed E-state index contributed by atoms with van der Waals surface area (Å²) < 4.78 is 5.12. The molecule has 2 atom stereocenters. The first-order chi connectivity index (χ1) is 9.34. The van der Waals surface area contributed by atoms with Crippen LogP contribution in [0.1, 0.15) is 47.0 Å².